The number of benzene rings is 1. The number of rotatable bonds is 1. The molecule has 1 atom stereocenters. The van der Waals surface area contributed by atoms with Crippen LogP contribution in [0.2, 0.25) is 5.02 Å². The fourth-order valence-electron chi connectivity index (χ4n) is 2.78. The molecule has 0 radical (unpaired) electrons. The second-order valence-electron chi connectivity index (χ2n) is 4.70. The van der Waals surface area contributed by atoms with E-state index in [-0.39, 0.29) is 11.9 Å². The van der Waals surface area contributed by atoms with Gasteiger partial charge in [0.2, 0.25) is 5.91 Å². The molecule has 5 heteroatoms. The topological polar surface area (TPSA) is 41.6 Å². The van der Waals surface area contributed by atoms with Crippen molar-refractivity contribution in [2.45, 2.75) is 18.9 Å². The first-order valence-corrected chi connectivity index (χ1v) is 6.47. The largest absolute Gasteiger partial charge is 0.495 e. The fraction of sp³-hybridized carbons (Fsp3) is 0.462. The molecule has 1 amide bonds. The lowest BCUT2D eigenvalue weighted by Gasteiger charge is -2.40. The van der Waals surface area contributed by atoms with Crippen molar-refractivity contribution in [1.29, 1.82) is 0 Å². The van der Waals surface area contributed by atoms with E-state index in [1.54, 1.807) is 7.11 Å². The molecular formula is C13H15ClN2O2. The molecule has 4 nitrogen and oxygen atoms in total. The Kier molecular flexibility index (Phi) is 2.92. The van der Waals surface area contributed by atoms with Gasteiger partial charge in [-0.05, 0) is 30.5 Å². The molecule has 3 rings (SSSR count). The van der Waals surface area contributed by atoms with Crippen molar-refractivity contribution in [3.8, 4) is 5.75 Å². The van der Waals surface area contributed by atoms with Crippen LogP contribution in [-0.2, 0) is 11.2 Å². The van der Waals surface area contributed by atoms with Crippen molar-refractivity contribution in [1.82, 2.24) is 5.32 Å². The Morgan fingerprint density at radius 2 is 2.33 bits per heavy atom. The molecule has 1 saturated heterocycles. The summed E-state index contributed by atoms with van der Waals surface area (Å²) < 4.78 is 5.23. The first kappa shape index (κ1) is 11.8. The number of carbonyl (C=O) groups excluding carboxylic acids is 1. The average Bonchev–Trinajstić information content (AvgIpc) is 2.38. The highest BCUT2D eigenvalue weighted by atomic mass is 35.5. The molecule has 0 aromatic heterocycles. The van der Waals surface area contributed by atoms with E-state index in [2.05, 4.69) is 5.32 Å². The van der Waals surface area contributed by atoms with Crippen molar-refractivity contribution in [2.75, 3.05) is 25.1 Å². The molecule has 0 aliphatic carbocycles. The minimum absolute atomic E-state index is 0.119. The van der Waals surface area contributed by atoms with Crippen LogP contribution in [-0.4, -0.2) is 32.1 Å². The van der Waals surface area contributed by atoms with Crippen LogP contribution in [0.15, 0.2) is 12.1 Å². The van der Waals surface area contributed by atoms with E-state index >= 15 is 0 Å². The third kappa shape index (κ3) is 1.76. The monoisotopic (exact) mass is 266 g/mol. The molecule has 1 aromatic rings. The number of anilines is 1. The molecule has 1 unspecified atom stereocenters. The molecular weight excluding hydrogens is 252 g/mol. The van der Waals surface area contributed by atoms with Crippen molar-refractivity contribution in [3.05, 3.63) is 22.7 Å². The summed E-state index contributed by atoms with van der Waals surface area (Å²) in [5, 5.41) is 3.71. The number of halogens is 1. The van der Waals surface area contributed by atoms with E-state index < -0.39 is 0 Å². The Hall–Kier alpha value is -1.26. The van der Waals surface area contributed by atoms with Gasteiger partial charge in [-0.15, -0.1) is 0 Å². The SMILES string of the molecule is COc1cc2c(cc1Cl)N1C(=O)CNCC1CC2. The van der Waals surface area contributed by atoms with E-state index in [9.17, 15) is 4.79 Å². The summed E-state index contributed by atoms with van der Waals surface area (Å²) in [5.41, 5.74) is 2.09. The van der Waals surface area contributed by atoms with Gasteiger partial charge >= 0.3 is 0 Å². The van der Waals surface area contributed by atoms with Crippen LogP contribution in [0.25, 0.3) is 0 Å². The second kappa shape index (κ2) is 4.44. The van der Waals surface area contributed by atoms with E-state index in [4.69, 9.17) is 16.3 Å². The third-order valence-electron chi connectivity index (χ3n) is 3.65. The van der Waals surface area contributed by atoms with Crippen molar-refractivity contribution in [3.63, 3.8) is 0 Å². The maximum Gasteiger partial charge on any atom is 0.241 e. The highest BCUT2D eigenvalue weighted by Crippen LogP contribution is 2.38. The first-order valence-electron chi connectivity index (χ1n) is 6.10. The van der Waals surface area contributed by atoms with Gasteiger partial charge in [-0.2, -0.15) is 0 Å². The molecule has 2 aliphatic heterocycles. The van der Waals surface area contributed by atoms with Gasteiger partial charge in [0.1, 0.15) is 5.75 Å². The van der Waals surface area contributed by atoms with Gasteiger partial charge in [0, 0.05) is 18.3 Å². The zero-order chi connectivity index (χ0) is 12.7. The molecule has 0 bridgehead atoms. The number of nitrogens with one attached hydrogen (secondary N) is 1. The summed E-state index contributed by atoms with van der Waals surface area (Å²) >= 11 is 6.16. The van der Waals surface area contributed by atoms with E-state index in [1.165, 1.54) is 0 Å². The lowest BCUT2D eigenvalue weighted by atomic mass is 9.94. The Labute approximate surface area is 111 Å². The molecule has 1 aromatic carbocycles. The van der Waals surface area contributed by atoms with Crippen molar-refractivity contribution < 1.29 is 9.53 Å². The third-order valence-corrected chi connectivity index (χ3v) is 3.94. The number of ether oxygens (including phenoxy) is 1. The first-order chi connectivity index (χ1) is 8.70. The Bertz CT molecular complexity index is 504. The van der Waals surface area contributed by atoms with Gasteiger partial charge in [-0.1, -0.05) is 11.6 Å². The minimum atomic E-state index is 0.119. The lowest BCUT2D eigenvalue weighted by molar-refractivity contribution is -0.119. The van der Waals surface area contributed by atoms with Gasteiger partial charge in [0.25, 0.3) is 0 Å². The highest BCUT2D eigenvalue weighted by molar-refractivity contribution is 6.32. The standard InChI is InChI=1S/C13H15ClN2O2/c1-18-12-4-8-2-3-9-6-15-7-13(17)16(9)11(8)5-10(12)14/h4-5,9,15H,2-3,6-7H2,1H3. The van der Waals surface area contributed by atoms with Crippen LogP contribution in [0.4, 0.5) is 5.69 Å². The van der Waals surface area contributed by atoms with Gasteiger partial charge in [-0.3, -0.25) is 4.79 Å². The van der Waals surface area contributed by atoms with Gasteiger partial charge < -0.3 is 15.0 Å². The summed E-state index contributed by atoms with van der Waals surface area (Å²) in [6.45, 7) is 1.26. The number of piperazine rings is 1. The van der Waals surface area contributed by atoms with Crippen LogP contribution in [0.1, 0.15) is 12.0 Å². The number of aryl methyl sites for hydroxylation is 1. The normalized spacial score (nSPS) is 22.4. The highest BCUT2D eigenvalue weighted by Gasteiger charge is 2.34. The van der Waals surface area contributed by atoms with Crippen LogP contribution < -0.4 is 15.0 Å². The summed E-state index contributed by atoms with van der Waals surface area (Å²) in [6, 6.07) is 4.05. The Morgan fingerprint density at radius 1 is 1.50 bits per heavy atom. The molecule has 0 spiro atoms. The summed E-state index contributed by atoms with van der Waals surface area (Å²) in [4.78, 5) is 13.9. The van der Waals surface area contributed by atoms with Crippen LogP contribution >= 0.6 is 11.6 Å². The molecule has 1 fully saturated rings. The molecule has 96 valence electrons. The number of nitrogens with zero attached hydrogens (tertiary/aromatic N) is 1. The van der Waals surface area contributed by atoms with Crippen LogP contribution in [0.5, 0.6) is 5.75 Å². The number of hydrogen-bond donors (Lipinski definition) is 1. The summed E-state index contributed by atoms with van der Waals surface area (Å²) in [6.07, 6.45) is 1.94. The van der Waals surface area contributed by atoms with Crippen LogP contribution in [0.3, 0.4) is 0 Å². The predicted molar refractivity (Wildman–Crippen MR) is 70.5 cm³/mol. The average molecular weight is 267 g/mol. The predicted octanol–water partition coefficient (Wildman–Crippen LogP) is 1.60. The fourth-order valence-corrected chi connectivity index (χ4v) is 3.01. The molecule has 2 aliphatic rings. The Balaban J connectivity index is 2.07. The van der Waals surface area contributed by atoms with Gasteiger partial charge in [0.05, 0.1) is 18.7 Å². The van der Waals surface area contributed by atoms with E-state index in [1.807, 2.05) is 17.0 Å². The zero-order valence-corrected chi connectivity index (χ0v) is 11.0. The maximum atomic E-state index is 12.0. The summed E-state index contributed by atoms with van der Waals surface area (Å²) in [7, 11) is 1.61. The smallest absolute Gasteiger partial charge is 0.241 e. The molecule has 1 N–H and O–H groups in total. The minimum Gasteiger partial charge on any atom is -0.495 e. The van der Waals surface area contributed by atoms with Gasteiger partial charge in [0.15, 0.2) is 0 Å². The van der Waals surface area contributed by atoms with E-state index in [0.717, 1.165) is 30.6 Å². The summed E-state index contributed by atoms with van der Waals surface area (Å²) in [5.74, 6) is 0.796. The quantitative estimate of drug-likeness (QED) is 0.840. The number of carbonyl (C=O) groups is 1. The van der Waals surface area contributed by atoms with E-state index in [0.29, 0.717) is 17.3 Å². The van der Waals surface area contributed by atoms with Crippen molar-refractivity contribution >= 4 is 23.2 Å². The number of hydrogen-bond acceptors (Lipinski definition) is 3. The maximum absolute atomic E-state index is 12.0. The molecule has 0 saturated carbocycles. The van der Waals surface area contributed by atoms with Crippen molar-refractivity contribution in [2.24, 2.45) is 0 Å². The van der Waals surface area contributed by atoms with Gasteiger partial charge in [-0.25, -0.2) is 0 Å². The van der Waals surface area contributed by atoms with Crippen LogP contribution in [0, 0.1) is 0 Å². The zero-order valence-electron chi connectivity index (χ0n) is 10.2. The number of fused-ring (bicyclic) bond motifs is 3. The Morgan fingerprint density at radius 3 is 3.11 bits per heavy atom. The molecule has 2 heterocycles. The molecule has 18 heavy (non-hydrogen) atoms. The second-order valence-corrected chi connectivity index (χ2v) is 5.11. The lowest BCUT2D eigenvalue weighted by Crippen LogP contribution is -2.56. The number of methoxy groups -OCH3 is 1. The number of amides is 1.